The van der Waals surface area contributed by atoms with Gasteiger partial charge in [0.05, 0.1) is 10.7 Å². The highest BCUT2D eigenvalue weighted by Crippen LogP contribution is 2.30. The first-order chi connectivity index (χ1) is 12.1. The monoisotopic (exact) mass is 398 g/mol. The molecule has 0 bridgehead atoms. The average molecular weight is 399 g/mol. The summed E-state index contributed by atoms with van der Waals surface area (Å²) in [6.07, 6.45) is 2.11. The molecule has 3 fully saturated rings. The summed E-state index contributed by atoms with van der Waals surface area (Å²) in [6.45, 7) is 4.89. The quantitative estimate of drug-likeness (QED) is 0.803. The predicted molar refractivity (Wildman–Crippen MR) is 104 cm³/mol. The zero-order valence-electron chi connectivity index (χ0n) is 14.5. The number of fused-ring (bicyclic) bond motifs is 1. The molecule has 8 heteroatoms. The first-order valence-corrected chi connectivity index (χ1v) is 9.36. The van der Waals surface area contributed by atoms with E-state index in [9.17, 15) is 9.59 Å². The highest BCUT2D eigenvalue weighted by Gasteiger charge is 2.32. The summed E-state index contributed by atoms with van der Waals surface area (Å²) in [5.41, 5.74) is 1.21. The summed E-state index contributed by atoms with van der Waals surface area (Å²) in [6, 6.07) is 5.06. The van der Waals surface area contributed by atoms with Crippen LogP contribution in [0.25, 0.3) is 0 Å². The van der Waals surface area contributed by atoms with Gasteiger partial charge in [-0.1, -0.05) is 11.6 Å². The molecule has 0 aliphatic carbocycles. The first-order valence-electron chi connectivity index (χ1n) is 8.98. The average Bonchev–Trinajstić information content (AvgIpc) is 3.19. The Labute approximate surface area is 164 Å². The maximum atomic E-state index is 13.0. The topological polar surface area (TPSA) is 64.7 Å². The number of amides is 3. The van der Waals surface area contributed by atoms with Crippen molar-refractivity contribution in [3.05, 3.63) is 28.8 Å². The molecule has 3 amide bonds. The van der Waals surface area contributed by atoms with Crippen molar-refractivity contribution in [3.8, 4) is 0 Å². The van der Waals surface area contributed by atoms with Gasteiger partial charge in [-0.05, 0) is 56.0 Å². The third kappa shape index (κ3) is 3.63. The standard InChI is InChI=1S/C18H23ClN4O2.ClH/c19-15-2-1-12(9-16(15)23-8-5-21-18(23)25)17(24)22-6-3-13-10-20-11-14(13)4-7-22;/h1-2,9,13-14,20H,3-8,10-11H2,(H,21,25);1H/t13-,14+;. The van der Waals surface area contributed by atoms with Crippen molar-refractivity contribution in [2.75, 3.05) is 44.2 Å². The Morgan fingerprint density at radius 1 is 1.12 bits per heavy atom. The number of carbonyl (C=O) groups excluding carboxylic acids is 2. The van der Waals surface area contributed by atoms with Gasteiger partial charge >= 0.3 is 6.03 Å². The number of halogens is 2. The van der Waals surface area contributed by atoms with E-state index in [0.717, 1.165) is 39.0 Å². The lowest BCUT2D eigenvalue weighted by molar-refractivity contribution is 0.0758. The van der Waals surface area contributed by atoms with E-state index in [-0.39, 0.29) is 24.3 Å². The minimum absolute atomic E-state index is 0. The van der Waals surface area contributed by atoms with E-state index in [2.05, 4.69) is 10.6 Å². The molecule has 0 spiro atoms. The minimum atomic E-state index is -0.165. The van der Waals surface area contributed by atoms with E-state index in [1.54, 1.807) is 23.1 Å². The highest BCUT2D eigenvalue weighted by molar-refractivity contribution is 6.34. The predicted octanol–water partition coefficient (Wildman–Crippen LogP) is 2.36. The summed E-state index contributed by atoms with van der Waals surface area (Å²) in [5, 5.41) is 6.71. The van der Waals surface area contributed by atoms with Crippen molar-refractivity contribution in [1.82, 2.24) is 15.5 Å². The third-order valence-corrected chi connectivity index (χ3v) is 5.97. The van der Waals surface area contributed by atoms with Crippen LogP contribution in [0.15, 0.2) is 18.2 Å². The third-order valence-electron chi connectivity index (χ3n) is 5.65. The number of anilines is 1. The van der Waals surface area contributed by atoms with Crippen molar-refractivity contribution < 1.29 is 9.59 Å². The molecule has 6 nitrogen and oxygen atoms in total. The first kappa shape index (κ1) is 19.3. The molecule has 1 aromatic rings. The van der Waals surface area contributed by atoms with Gasteiger partial charge in [0.15, 0.2) is 0 Å². The Hall–Kier alpha value is -1.50. The molecule has 0 aromatic heterocycles. The second-order valence-electron chi connectivity index (χ2n) is 7.10. The van der Waals surface area contributed by atoms with Gasteiger partial charge < -0.3 is 15.5 Å². The van der Waals surface area contributed by atoms with Crippen molar-refractivity contribution in [1.29, 1.82) is 0 Å². The van der Waals surface area contributed by atoms with E-state index in [1.165, 1.54) is 0 Å². The number of nitrogens with one attached hydrogen (secondary N) is 2. The summed E-state index contributed by atoms with van der Waals surface area (Å²) in [4.78, 5) is 28.5. The van der Waals surface area contributed by atoms with Crippen LogP contribution in [0.2, 0.25) is 5.02 Å². The number of nitrogens with zero attached hydrogens (tertiary/aromatic N) is 2. The Bertz CT molecular complexity index is 686. The van der Waals surface area contributed by atoms with E-state index in [1.807, 2.05) is 4.90 Å². The molecule has 2 atom stereocenters. The van der Waals surface area contributed by atoms with Crippen LogP contribution in [0.3, 0.4) is 0 Å². The zero-order valence-corrected chi connectivity index (χ0v) is 16.1. The minimum Gasteiger partial charge on any atom is -0.339 e. The fourth-order valence-electron chi connectivity index (χ4n) is 4.16. The van der Waals surface area contributed by atoms with Gasteiger partial charge in [0.1, 0.15) is 0 Å². The molecule has 26 heavy (non-hydrogen) atoms. The SMILES string of the molecule is Cl.O=C(c1ccc(Cl)c(N2CCNC2=O)c1)N1CC[C@@H]2CNC[C@@H]2CC1. The molecule has 3 heterocycles. The number of hydrogen-bond acceptors (Lipinski definition) is 3. The molecule has 4 rings (SSSR count). The molecule has 0 radical (unpaired) electrons. The van der Waals surface area contributed by atoms with Crippen LogP contribution in [0, 0.1) is 11.8 Å². The molecule has 3 aliphatic heterocycles. The smallest absolute Gasteiger partial charge is 0.322 e. The molecular weight excluding hydrogens is 375 g/mol. The zero-order chi connectivity index (χ0) is 17.4. The number of benzene rings is 1. The lowest BCUT2D eigenvalue weighted by Crippen LogP contribution is -2.33. The van der Waals surface area contributed by atoms with Crippen LogP contribution in [-0.4, -0.2) is 56.1 Å². The lowest BCUT2D eigenvalue weighted by atomic mass is 9.92. The van der Waals surface area contributed by atoms with Gasteiger partial charge in [-0.3, -0.25) is 9.69 Å². The molecule has 0 unspecified atom stereocenters. The second kappa shape index (κ2) is 8.03. The number of urea groups is 1. The van der Waals surface area contributed by atoms with Crippen LogP contribution in [-0.2, 0) is 0 Å². The van der Waals surface area contributed by atoms with Crippen molar-refractivity contribution in [3.63, 3.8) is 0 Å². The van der Waals surface area contributed by atoms with Crippen molar-refractivity contribution in [2.24, 2.45) is 11.8 Å². The van der Waals surface area contributed by atoms with Crippen LogP contribution < -0.4 is 15.5 Å². The van der Waals surface area contributed by atoms with Crippen LogP contribution >= 0.6 is 24.0 Å². The molecule has 2 N–H and O–H groups in total. The van der Waals surface area contributed by atoms with Gasteiger partial charge in [0, 0.05) is 31.7 Å². The molecule has 0 saturated carbocycles. The summed E-state index contributed by atoms with van der Waals surface area (Å²) in [7, 11) is 0. The summed E-state index contributed by atoms with van der Waals surface area (Å²) in [5.74, 6) is 1.41. The Kier molecular flexibility index (Phi) is 5.95. The van der Waals surface area contributed by atoms with Crippen LogP contribution in [0.1, 0.15) is 23.2 Å². The second-order valence-corrected chi connectivity index (χ2v) is 7.50. The summed E-state index contributed by atoms with van der Waals surface area (Å²) >= 11 is 6.27. The highest BCUT2D eigenvalue weighted by atomic mass is 35.5. The normalized spacial score (nSPS) is 25.3. The van der Waals surface area contributed by atoms with Crippen LogP contribution in [0.5, 0.6) is 0 Å². The largest absolute Gasteiger partial charge is 0.339 e. The maximum absolute atomic E-state index is 13.0. The fourth-order valence-corrected chi connectivity index (χ4v) is 4.38. The van der Waals surface area contributed by atoms with Crippen molar-refractivity contribution >= 4 is 41.6 Å². The molecule has 3 saturated heterocycles. The van der Waals surface area contributed by atoms with Crippen molar-refractivity contribution in [2.45, 2.75) is 12.8 Å². The molecular formula is C18H24Cl2N4O2. The van der Waals surface area contributed by atoms with E-state index in [4.69, 9.17) is 11.6 Å². The molecule has 3 aliphatic rings. The van der Waals surface area contributed by atoms with Gasteiger partial charge in [0.25, 0.3) is 5.91 Å². The maximum Gasteiger partial charge on any atom is 0.322 e. The van der Waals surface area contributed by atoms with Gasteiger partial charge in [-0.2, -0.15) is 0 Å². The Morgan fingerprint density at radius 2 is 1.81 bits per heavy atom. The summed E-state index contributed by atoms with van der Waals surface area (Å²) < 4.78 is 0. The van der Waals surface area contributed by atoms with E-state index < -0.39 is 0 Å². The van der Waals surface area contributed by atoms with Crippen LogP contribution in [0.4, 0.5) is 10.5 Å². The Morgan fingerprint density at radius 3 is 2.42 bits per heavy atom. The number of hydrogen-bond donors (Lipinski definition) is 2. The van der Waals surface area contributed by atoms with E-state index >= 15 is 0 Å². The fraction of sp³-hybridized carbons (Fsp3) is 0.556. The van der Waals surface area contributed by atoms with E-state index in [0.29, 0.717) is 41.2 Å². The number of carbonyl (C=O) groups is 2. The molecule has 1 aromatic carbocycles. The molecule has 142 valence electrons. The van der Waals surface area contributed by atoms with Gasteiger partial charge in [-0.25, -0.2) is 4.79 Å². The number of likely N-dealkylation sites (tertiary alicyclic amines) is 1. The Balaban J connectivity index is 0.00000196. The lowest BCUT2D eigenvalue weighted by Gasteiger charge is -2.22. The van der Waals surface area contributed by atoms with Gasteiger partial charge in [0.2, 0.25) is 0 Å². The number of rotatable bonds is 2. The van der Waals surface area contributed by atoms with Gasteiger partial charge in [-0.15, -0.1) is 12.4 Å².